The second kappa shape index (κ2) is 6.46. The first-order chi connectivity index (χ1) is 10.7. The molecule has 2 amide bonds. The zero-order chi connectivity index (χ0) is 15.5. The summed E-state index contributed by atoms with van der Waals surface area (Å²) in [6, 6.07) is 7.49. The first-order valence-electron chi connectivity index (χ1n) is 8.03. The number of amides is 2. The maximum Gasteiger partial charge on any atom is 0.282 e. The van der Waals surface area contributed by atoms with E-state index < -0.39 is 0 Å². The predicted molar refractivity (Wildman–Crippen MR) is 84.2 cm³/mol. The fourth-order valence-electron chi connectivity index (χ4n) is 3.25. The summed E-state index contributed by atoms with van der Waals surface area (Å²) in [5, 5.41) is 2.82. The smallest absolute Gasteiger partial charge is 0.282 e. The molecule has 0 atom stereocenters. The Morgan fingerprint density at radius 1 is 1.18 bits per heavy atom. The van der Waals surface area contributed by atoms with Crippen molar-refractivity contribution < 1.29 is 19.4 Å². The first-order valence-corrected chi connectivity index (χ1v) is 8.03. The summed E-state index contributed by atoms with van der Waals surface area (Å²) in [7, 11) is 0. The van der Waals surface area contributed by atoms with Gasteiger partial charge < -0.3 is 15.1 Å². The Morgan fingerprint density at radius 2 is 1.86 bits per heavy atom. The van der Waals surface area contributed by atoms with Gasteiger partial charge in [0, 0.05) is 0 Å². The van der Waals surface area contributed by atoms with E-state index in [1.165, 1.54) is 4.90 Å². The molecule has 3 N–H and O–H groups in total. The Bertz CT molecular complexity index is 567. The quantitative estimate of drug-likeness (QED) is 0.592. The molecule has 3 rings (SSSR count). The van der Waals surface area contributed by atoms with E-state index in [9.17, 15) is 9.59 Å². The molecule has 2 heterocycles. The standard InChI is InChI=1S/C16H22N4O2/c1-2-18-7-9-19(10-8-18)12-16(22)20-11-15(21)17-13-5-3-4-6-14(13)20/h3-6H,2,7-12H2,1H3,(H,17,21)/p+2. The van der Waals surface area contributed by atoms with Crippen LogP contribution in [0.15, 0.2) is 24.3 Å². The molecule has 2 aliphatic heterocycles. The van der Waals surface area contributed by atoms with Crippen molar-refractivity contribution >= 4 is 23.2 Å². The lowest BCUT2D eigenvalue weighted by Crippen LogP contribution is -3.28. The zero-order valence-corrected chi connectivity index (χ0v) is 13.0. The van der Waals surface area contributed by atoms with Gasteiger partial charge >= 0.3 is 0 Å². The molecule has 22 heavy (non-hydrogen) atoms. The average molecular weight is 304 g/mol. The largest absolute Gasteiger partial charge is 0.326 e. The van der Waals surface area contributed by atoms with Crippen LogP contribution < -0.4 is 20.0 Å². The normalized spacial score (nSPS) is 24.6. The van der Waals surface area contributed by atoms with Crippen LogP contribution in [-0.2, 0) is 9.59 Å². The summed E-state index contributed by atoms with van der Waals surface area (Å²) >= 11 is 0. The van der Waals surface area contributed by atoms with Gasteiger partial charge in [0.05, 0.1) is 17.9 Å². The summed E-state index contributed by atoms with van der Waals surface area (Å²) < 4.78 is 0. The molecular formula is C16H24N4O2+2. The SMILES string of the molecule is CC[NH+]1CC[NH+](CC(=O)N2CC(=O)Nc3ccccc32)CC1. The Kier molecular flexibility index (Phi) is 4.40. The lowest BCUT2D eigenvalue weighted by molar-refractivity contribution is -1.01. The van der Waals surface area contributed by atoms with Crippen molar-refractivity contribution in [3.63, 3.8) is 0 Å². The minimum Gasteiger partial charge on any atom is -0.326 e. The topological polar surface area (TPSA) is 58.3 Å². The van der Waals surface area contributed by atoms with E-state index >= 15 is 0 Å². The Balaban J connectivity index is 1.67. The van der Waals surface area contributed by atoms with E-state index in [0.717, 1.165) is 44.1 Å². The number of piperazine rings is 1. The summed E-state index contributed by atoms with van der Waals surface area (Å²) in [5.41, 5.74) is 1.53. The number of anilines is 2. The summed E-state index contributed by atoms with van der Waals surface area (Å²) in [4.78, 5) is 29.0. The van der Waals surface area contributed by atoms with Crippen LogP contribution in [0.2, 0.25) is 0 Å². The number of fused-ring (bicyclic) bond motifs is 1. The minimum absolute atomic E-state index is 0.0391. The molecule has 0 spiro atoms. The number of quaternary nitrogens is 2. The molecule has 0 saturated carbocycles. The van der Waals surface area contributed by atoms with Crippen LogP contribution >= 0.6 is 0 Å². The second-order valence-electron chi connectivity index (χ2n) is 6.08. The summed E-state index contributed by atoms with van der Waals surface area (Å²) in [6.07, 6.45) is 0. The van der Waals surface area contributed by atoms with E-state index in [1.54, 1.807) is 9.80 Å². The highest BCUT2D eigenvalue weighted by Gasteiger charge is 2.30. The first kappa shape index (κ1) is 15.0. The van der Waals surface area contributed by atoms with Crippen molar-refractivity contribution in [2.75, 3.05) is 56.0 Å². The fourth-order valence-corrected chi connectivity index (χ4v) is 3.25. The molecule has 0 bridgehead atoms. The van der Waals surface area contributed by atoms with Crippen LogP contribution in [0.1, 0.15) is 6.92 Å². The molecule has 1 fully saturated rings. The highest BCUT2D eigenvalue weighted by atomic mass is 16.2. The van der Waals surface area contributed by atoms with Crippen molar-refractivity contribution in [2.45, 2.75) is 6.92 Å². The second-order valence-corrected chi connectivity index (χ2v) is 6.08. The maximum absolute atomic E-state index is 12.6. The van der Waals surface area contributed by atoms with Gasteiger partial charge in [-0.3, -0.25) is 14.5 Å². The third kappa shape index (κ3) is 3.13. The Labute approximate surface area is 130 Å². The number of carbonyl (C=O) groups is 2. The van der Waals surface area contributed by atoms with Crippen molar-refractivity contribution in [2.24, 2.45) is 0 Å². The maximum atomic E-state index is 12.6. The number of rotatable bonds is 3. The highest BCUT2D eigenvalue weighted by molar-refractivity contribution is 6.10. The highest BCUT2D eigenvalue weighted by Crippen LogP contribution is 2.28. The van der Waals surface area contributed by atoms with Gasteiger partial charge in [0.25, 0.3) is 5.91 Å². The predicted octanol–water partition coefficient (Wildman–Crippen LogP) is -2.22. The molecular weight excluding hydrogens is 280 g/mol. The molecule has 0 radical (unpaired) electrons. The number of para-hydroxylation sites is 2. The third-order valence-electron chi connectivity index (χ3n) is 4.64. The van der Waals surface area contributed by atoms with E-state index in [0.29, 0.717) is 6.54 Å². The van der Waals surface area contributed by atoms with Crippen LogP contribution in [-0.4, -0.2) is 57.6 Å². The molecule has 1 saturated heterocycles. The van der Waals surface area contributed by atoms with Crippen LogP contribution in [0.4, 0.5) is 11.4 Å². The van der Waals surface area contributed by atoms with Crippen LogP contribution in [0.3, 0.4) is 0 Å². The molecule has 0 aliphatic carbocycles. The van der Waals surface area contributed by atoms with Crippen LogP contribution in [0, 0.1) is 0 Å². The number of nitrogens with one attached hydrogen (secondary N) is 3. The minimum atomic E-state index is -0.123. The van der Waals surface area contributed by atoms with Gasteiger partial charge in [-0.1, -0.05) is 12.1 Å². The van der Waals surface area contributed by atoms with Gasteiger partial charge in [-0.05, 0) is 19.1 Å². The van der Waals surface area contributed by atoms with Crippen molar-refractivity contribution in [1.82, 2.24) is 0 Å². The summed E-state index contributed by atoms with van der Waals surface area (Å²) in [6.45, 7) is 8.24. The monoisotopic (exact) mass is 304 g/mol. The van der Waals surface area contributed by atoms with Crippen molar-refractivity contribution in [1.29, 1.82) is 0 Å². The van der Waals surface area contributed by atoms with Gasteiger partial charge in [0.1, 0.15) is 32.7 Å². The molecule has 118 valence electrons. The van der Waals surface area contributed by atoms with Crippen molar-refractivity contribution in [3.8, 4) is 0 Å². The average Bonchev–Trinajstić information content (AvgIpc) is 2.54. The lowest BCUT2D eigenvalue weighted by atomic mass is 10.2. The number of hydrogen-bond acceptors (Lipinski definition) is 2. The Hall–Kier alpha value is -1.92. The zero-order valence-electron chi connectivity index (χ0n) is 13.0. The van der Waals surface area contributed by atoms with E-state index in [-0.39, 0.29) is 18.4 Å². The molecule has 0 aromatic heterocycles. The third-order valence-corrected chi connectivity index (χ3v) is 4.64. The number of likely N-dealkylation sites (N-methyl/N-ethyl adjacent to an activating group) is 1. The number of nitrogens with zero attached hydrogens (tertiary/aromatic N) is 1. The van der Waals surface area contributed by atoms with Gasteiger partial charge in [-0.25, -0.2) is 0 Å². The molecule has 1 aromatic carbocycles. The van der Waals surface area contributed by atoms with Gasteiger partial charge in [-0.15, -0.1) is 0 Å². The van der Waals surface area contributed by atoms with Crippen LogP contribution in [0.5, 0.6) is 0 Å². The van der Waals surface area contributed by atoms with E-state index in [1.807, 2.05) is 24.3 Å². The molecule has 1 aromatic rings. The number of carbonyl (C=O) groups excluding carboxylic acids is 2. The van der Waals surface area contributed by atoms with Gasteiger partial charge in [0.2, 0.25) is 5.91 Å². The van der Waals surface area contributed by atoms with Gasteiger partial charge in [-0.2, -0.15) is 0 Å². The fraction of sp³-hybridized carbons (Fsp3) is 0.500. The van der Waals surface area contributed by atoms with Crippen molar-refractivity contribution in [3.05, 3.63) is 24.3 Å². The number of hydrogen-bond donors (Lipinski definition) is 3. The van der Waals surface area contributed by atoms with E-state index in [2.05, 4.69) is 12.2 Å². The molecule has 0 unspecified atom stereocenters. The lowest BCUT2D eigenvalue weighted by Gasteiger charge is -2.32. The molecule has 6 heteroatoms. The Morgan fingerprint density at radius 3 is 2.59 bits per heavy atom. The van der Waals surface area contributed by atoms with E-state index in [4.69, 9.17) is 0 Å². The molecule has 2 aliphatic rings. The molecule has 6 nitrogen and oxygen atoms in total. The summed E-state index contributed by atoms with van der Waals surface area (Å²) in [5.74, 6) is -0.0838. The van der Waals surface area contributed by atoms with Crippen LogP contribution in [0.25, 0.3) is 0 Å². The van der Waals surface area contributed by atoms with Gasteiger partial charge in [0.15, 0.2) is 6.54 Å². The number of benzene rings is 1.